The summed E-state index contributed by atoms with van der Waals surface area (Å²) in [5.41, 5.74) is 1.19. The number of nitrogens with zero attached hydrogens (tertiary/aromatic N) is 3. The highest BCUT2D eigenvalue weighted by Gasteiger charge is 2.69. The van der Waals surface area contributed by atoms with Gasteiger partial charge in [0.05, 0.1) is 6.20 Å². The van der Waals surface area contributed by atoms with Crippen LogP contribution >= 0.6 is 11.8 Å². The number of carboxylic acids is 1. The smallest absolute Gasteiger partial charge is 0.352 e. The lowest BCUT2D eigenvalue weighted by atomic mass is 10.2. The number of allylic oxidation sites excluding steroid dienone is 2. The van der Waals surface area contributed by atoms with Gasteiger partial charge in [-0.3, -0.25) is 0 Å². The molecule has 0 radical (unpaired) electrons. The average molecular weight is 420 g/mol. The maximum absolute atomic E-state index is 14.2. The molecule has 2 saturated heterocycles. The van der Waals surface area contributed by atoms with Gasteiger partial charge in [-0.25, -0.2) is 19.6 Å². The van der Waals surface area contributed by atoms with Crippen LogP contribution in [-0.4, -0.2) is 65.0 Å². The first-order valence-electron chi connectivity index (χ1n) is 8.59. The largest absolute Gasteiger partial charge is 0.478 e. The van der Waals surface area contributed by atoms with Gasteiger partial charge in [-0.2, -0.15) is 16.0 Å². The van der Waals surface area contributed by atoms with Crippen molar-refractivity contribution in [2.75, 3.05) is 24.6 Å². The van der Waals surface area contributed by atoms with Crippen LogP contribution in [0.1, 0.15) is 23.0 Å². The van der Waals surface area contributed by atoms with Gasteiger partial charge in [0.1, 0.15) is 21.7 Å². The number of fused-ring (bicyclic) bond motifs is 2. The Morgan fingerprint density at radius 3 is 2.79 bits per heavy atom. The van der Waals surface area contributed by atoms with Gasteiger partial charge in [-0.15, -0.1) is 0 Å². The van der Waals surface area contributed by atoms with Crippen molar-refractivity contribution in [3.05, 3.63) is 40.4 Å². The first-order valence-corrected chi connectivity index (χ1v) is 11.6. The number of rotatable bonds is 2. The third kappa shape index (κ3) is 2.05. The molecular formula is C17H16N4O5S2. The molecule has 5 heterocycles. The summed E-state index contributed by atoms with van der Waals surface area (Å²) >= 11 is 1.74. The van der Waals surface area contributed by atoms with E-state index < -0.39 is 20.6 Å². The second-order valence-electron chi connectivity index (χ2n) is 6.76. The Kier molecular flexibility index (Phi) is 3.39. The molecule has 1 amide bonds. The van der Waals surface area contributed by atoms with Crippen LogP contribution in [0.3, 0.4) is 0 Å². The van der Waals surface area contributed by atoms with Crippen LogP contribution in [0, 0.1) is 0 Å². The van der Waals surface area contributed by atoms with E-state index >= 15 is 0 Å². The number of H-pyrrole nitrogens is 1. The van der Waals surface area contributed by atoms with E-state index in [1.807, 2.05) is 0 Å². The number of carboxylic acid groups (broad SMARTS) is 1. The first-order chi connectivity index (χ1) is 13.3. The van der Waals surface area contributed by atoms with Gasteiger partial charge < -0.3 is 19.2 Å². The fraction of sp³-hybridized carbons (Fsp3) is 0.294. The topological polar surface area (TPSA) is 129 Å². The highest BCUT2D eigenvalue weighted by molar-refractivity contribution is 8.42. The normalized spacial score (nSPS) is 23.4. The monoisotopic (exact) mass is 420 g/mol. The van der Waals surface area contributed by atoms with E-state index in [2.05, 4.69) is 15.0 Å². The number of carbonyl (C=O) groups is 2. The number of aromatic nitrogens is 3. The molecule has 3 aliphatic rings. The van der Waals surface area contributed by atoms with Crippen molar-refractivity contribution in [2.24, 2.45) is 0 Å². The fourth-order valence-corrected chi connectivity index (χ4v) is 8.07. The number of aromatic amines is 1. The summed E-state index contributed by atoms with van der Waals surface area (Å²) in [6, 6.07) is 0. The fourth-order valence-electron chi connectivity index (χ4n) is 3.62. The molecule has 0 unspecified atom stereocenters. The number of aromatic carboxylic acids is 1. The predicted molar refractivity (Wildman–Crippen MR) is 105 cm³/mol. The standard InChI is InChI=1S/C17H16N4O5S2/c1-9-6-12(11-8-19-14-13(20-11)10(7-18-14)15(22)23)28(25,16(9)26-28)17(24)21-2-4-27-5-3-21/h6-8H,2-5H2,1H3,(H,18,19)(H,22,23). The van der Waals surface area contributed by atoms with Gasteiger partial charge in [0.15, 0.2) is 5.65 Å². The second kappa shape index (κ2) is 5.45. The van der Waals surface area contributed by atoms with Gasteiger partial charge >= 0.3 is 11.2 Å². The molecule has 28 heavy (non-hydrogen) atoms. The van der Waals surface area contributed by atoms with Gasteiger partial charge in [-0.05, 0) is 13.0 Å². The molecule has 2 N–H and O–H groups in total. The first kappa shape index (κ1) is 17.4. The molecule has 2 aromatic rings. The van der Waals surface area contributed by atoms with Crippen molar-refractivity contribution in [3.8, 4) is 0 Å². The Morgan fingerprint density at radius 1 is 1.36 bits per heavy atom. The Bertz CT molecular complexity index is 1210. The minimum atomic E-state index is -4.34. The van der Waals surface area contributed by atoms with Crippen LogP contribution in [0.4, 0.5) is 4.79 Å². The van der Waals surface area contributed by atoms with Crippen LogP contribution < -0.4 is 0 Å². The Balaban J connectivity index is 1.64. The van der Waals surface area contributed by atoms with Crippen LogP contribution in [0.2, 0.25) is 0 Å². The van der Waals surface area contributed by atoms with E-state index in [4.69, 9.17) is 4.18 Å². The minimum Gasteiger partial charge on any atom is -0.478 e. The number of amides is 1. The second-order valence-corrected chi connectivity index (χ2v) is 11.1. The Hall–Kier alpha value is -2.66. The van der Waals surface area contributed by atoms with E-state index in [0.717, 1.165) is 11.5 Å². The van der Waals surface area contributed by atoms with Gasteiger partial charge in [0.2, 0.25) is 0 Å². The molecule has 11 heteroatoms. The van der Waals surface area contributed by atoms with E-state index in [1.165, 1.54) is 12.4 Å². The number of hydrogen-bond donors (Lipinski definition) is 2. The molecule has 0 aromatic carbocycles. The summed E-state index contributed by atoms with van der Waals surface area (Å²) in [5.74, 6) is 0.407. The molecule has 0 atom stereocenters. The molecule has 146 valence electrons. The predicted octanol–water partition coefficient (Wildman–Crippen LogP) is 2.18. The van der Waals surface area contributed by atoms with Crippen molar-refractivity contribution in [1.82, 2.24) is 19.9 Å². The average Bonchev–Trinajstić information content (AvgIpc) is 3.05. The molecule has 0 spiro atoms. The summed E-state index contributed by atoms with van der Waals surface area (Å²) in [6.45, 7) is 2.74. The maximum Gasteiger partial charge on any atom is 0.352 e. The van der Waals surface area contributed by atoms with E-state index in [0.29, 0.717) is 24.3 Å². The Morgan fingerprint density at radius 2 is 2.11 bits per heavy atom. The molecule has 0 saturated carbocycles. The third-order valence-electron chi connectivity index (χ3n) is 5.06. The van der Waals surface area contributed by atoms with Crippen LogP contribution in [-0.2, 0) is 13.5 Å². The SMILES string of the molecule is CC1=C2OS2(=O)(C(=O)N2CCSCC2)C(c2cnc3[nH]cc(C(=O)O)c3n2)=C1. The molecule has 2 aromatic heterocycles. The van der Waals surface area contributed by atoms with Crippen molar-refractivity contribution < 1.29 is 23.1 Å². The minimum absolute atomic E-state index is 0.0454. The number of hydrogen-bond acceptors (Lipinski definition) is 7. The summed E-state index contributed by atoms with van der Waals surface area (Å²) in [7, 11) is -4.34. The van der Waals surface area contributed by atoms with E-state index in [-0.39, 0.29) is 26.8 Å². The highest BCUT2D eigenvalue weighted by atomic mass is 32.3. The van der Waals surface area contributed by atoms with Crippen LogP contribution in [0.25, 0.3) is 16.1 Å². The number of carbonyl (C=O) groups excluding carboxylic acids is 1. The zero-order valence-corrected chi connectivity index (χ0v) is 16.4. The lowest BCUT2D eigenvalue weighted by Gasteiger charge is -2.32. The molecule has 5 rings (SSSR count). The Labute approximate surface area is 163 Å². The zero-order chi connectivity index (χ0) is 19.7. The lowest BCUT2D eigenvalue weighted by Crippen LogP contribution is -2.45. The maximum atomic E-state index is 14.2. The zero-order valence-electron chi connectivity index (χ0n) is 14.8. The molecule has 2 fully saturated rings. The van der Waals surface area contributed by atoms with Gasteiger partial charge in [0.25, 0.3) is 5.09 Å². The lowest BCUT2D eigenvalue weighted by molar-refractivity contribution is 0.0699. The number of nitrogens with one attached hydrogen (secondary N) is 1. The van der Waals surface area contributed by atoms with Crippen LogP contribution in [0.5, 0.6) is 0 Å². The molecule has 3 aliphatic heterocycles. The van der Waals surface area contributed by atoms with Crippen molar-refractivity contribution in [3.63, 3.8) is 0 Å². The summed E-state index contributed by atoms with van der Waals surface area (Å²) in [5, 5.41) is 9.00. The van der Waals surface area contributed by atoms with E-state index in [9.17, 15) is 18.9 Å². The molecule has 0 aliphatic carbocycles. The third-order valence-corrected chi connectivity index (χ3v) is 9.44. The van der Waals surface area contributed by atoms with E-state index in [1.54, 1.807) is 29.7 Å². The van der Waals surface area contributed by atoms with Gasteiger partial charge in [-0.1, -0.05) is 0 Å². The van der Waals surface area contributed by atoms with Crippen molar-refractivity contribution >= 4 is 48.4 Å². The summed E-state index contributed by atoms with van der Waals surface area (Å²) in [6.07, 6.45) is 4.32. The van der Waals surface area contributed by atoms with Gasteiger partial charge in [0, 0.05) is 45.7 Å². The number of thioether (sulfide) groups is 1. The summed E-state index contributed by atoms with van der Waals surface area (Å²) in [4.78, 5) is 37.8. The molecule has 9 nitrogen and oxygen atoms in total. The highest BCUT2D eigenvalue weighted by Crippen LogP contribution is 2.68. The quantitative estimate of drug-likeness (QED) is 0.707. The van der Waals surface area contributed by atoms with Crippen LogP contribution in [0.15, 0.2) is 29.1 Å². The summed E-state index contributed by atoms with van der Waals surface area (Å²) < 4.78 is 19.7. The van der Waals surface area contributed by atoms with Crippen molar-refractivity contribution in [2.45, 2.75) is 6.92 Å². The molecule has 0 bridgehead atoms. The molecular weight excluding hydrogens is 404 g/mol. The van der Waals surface area contributed by atoms with Crippen molar-refractivity contribution in [1.29, 1.82) is 0 Å².